The molecule has 20 heavy (non-hydrogen) atoms. The summed E-state index contributed by atoms with van der Waals surface area (Å²) in [5.41, 5.74) is 1.18. The van der Waals surface area contributed by atoms with Gasteiger partial charge in [0.2, 0.25) is 0 Å². The molecule has 4 heteroatoms. The van der Waals surface area contributed by atoms with Crippen molar-refractivity contribution >= 4 is 11.6 Å². The molecule has 0 amide bonds. The van der Waals surface area contributed by atoms with Crippen LogP contribution in [0.4, 0.5) is 0 Å². The number of hydrogen-bond acceptors (Lipinski definition) is 3. The maximum absolute atomic E-state index is 6.11. The third-order valence-corrected chi connectivity index (χ3v) is 3.81. The Balaban J connectivity index is 1.90. The molecule has 1 aliphatic rings. The van der Waals surface area contributed by atoms with Crippen molar-refractivity contribution in [2.24, 2.45) is 5.92 Å². The van der Waals surface area contributed by atoms with Gasteiger partial charge in [-0.25, -0.2) is 0 Å². The molecule has 2 rings (SSSR count). The first-order valence-corrected chi connectivity index (χ1v) is 7.83. The van der Waals surface area contributed by atoms with Crippen LogP contribution in [0.2, 0.25) is 5.02 Å². The number of benzene rings is 1. The van der Waals surface area contributed by atoms with Gasteiger partial charge in [-0.15, -0.1) is 0 Å². The quantitative estimate of drug-likeness (QED) is 0.746. The van der Waals surface area contributed by atoms with Gasteiger partial charge in [-0.3, -0.25) is 0 Å². The zero-order valence-electron chi connectivity index (χ0n) is 12.1. The van der Waals surface area contributed by atoms with Crippen LogP contribution in [0, 0.1) is 5.92 Å². The largest absolute Gasteiger partial charge is 0.381 e. The minimum atomic E-state index is 0.0828. The maximum atomic E-state index is 6.11. The van der Waals surface area contributed by atoms with Crippen LogP contribution >= 0.6 is 11.6 Å². The molecule has 2 atom stereocenters. The summed E-state index contributed by atoms with van der Waals surface area (Å²) in [6.07, 6.45) is 2.32. The molecule has 0 aromatic heterocycles. The molecular formula is C16H24ClNO2. The monoisotopic (exact) mass is 297 g/mol. The summed E-state index contributed by atoms with van der Waals surface area (Å²) in [4.78, 5) is 0. The summed E-state index contributed by atoms with van der Waals surface area (Å²) < 4.78 is 11.5. The second-order valence-electron chi connectivity index (χ2n) is 5.31. The summed E-state index contributed by atoms with van der Waals surface area (Å²) in [6.45, 7) is 6.48. The number of nitrogens with one attached hydrogen (secondary N) is 1. The van der Waals surface area contributed by atoms with Gasteiger partial charge in [0.05, 0.1) is 19.3 Å². The van der Waals surface area contributed by atoms with Crippen molar-refractivity contribution in [3.05, 3.63) is 34.9 Å². The smallest absolute Gasteiger partial charge is 0.0949 e. The predicted molar refractivity (Wildman–Crippen MR) is 82.2 cm³/mol. The summed E-state index contributed by atoms with van der Waals surface area (Å²) in [6, 6.07) is 7.94. The van der Waals surface area contributed by atoms with E-state index in [-0.39, 0.29) is 6.10 Å². The third-order valence-electron chi connectivity index (χ3n) is 3.56. The van der Waals surface area contributed by atoms with E-state index < -0.39 is 0 Å². The molecule has 1 aromatic carbocycles. The van der Waals surface area contributed by atoms with Crippen LogP contribution in [0.5, 0.6) is 0 Å². The van der Waals surface area contributed by atoms with Crippen molar-refractivity contribution in [3.63, 3.8) is 0 Å². The average Bonchev–Trinajstić information content (AvgIpc) is 2.97. The molecule has 0 saturated carbocycles. The van der Waals surface area contributed by atoms with Gasteiger partial charge in [0.15, 0.2) is 0 Å². The second-order valence-corrected chi connectivity index (χ2v) is 5.74. The van der Waals surface area contributed by atoms with Crippen LogP contribution in [0.15, 0.2) is 24.3 Å². The fourth-order valence-electron chi connectivity index (χ4n) is 2.33. The fourth-order valence-corrected chi connectivity index (χ4v) is 2.45. The molecule has 0 spiro atoms. The standard InChI is InChI=1S/C16H24ClNO2/c1-2-8-18-10-16(14-3-5-15(17)6-4-14)20-12-13-7-9-19-11-13/h3-6,13,16,18H,2,7-12H2,1H3. The first kappa shape index (κ1) is 15.8. The van der Waals surface area contributed by atoms with E-state index in [2.05, 4.69) is 12.2 Å². The van der Waals surface area contributed by atoms with E-state index in [1.165, 1.54) is 5.56 Å². The van der Waals surface area contributed by atoms with E-state index in [1.807, 2.05) is 24.3 Å². The first-order valence-electron chi connectivity index (χ1n) is 7.45. The molecule has 1 fully saturated rings. The summed E-state index contributed by atoms with van der Waals surface area (Å²) in [5.74, 6) is 0.538. The van der Waals surface area contributed by atoms with Crippen LogP contribution < -0.4 is 5.32 Å². The van der Waals surface area contributed by atoms with Crippen LogP contribution in [-0.4, -0.2) is 32.9 Å². The van der Waals surface area contributed by atoms with Crippen molar-refractivity contribution in [2.75, 3.05) is 32.9 Å². The van der Waals surface area contributed by atoms with E-state index in [0.717, 1.165) is 50.8 Å². The van der Waals surface area contributed by atoms with Crippen LogP contribution in [0.25, 0.3) is 0 Å². The normalized spacial score (nSPS) is 20.2. The van der Waals surface area contributed by atoms with Crippen molar-refractivity contribution in [1.82, 2.24) is 5.32 Å². The van der Waals surface area contributed by atoms with Crippen molar-refractivity contribution in [1.29, 1.82) is 0 Å². The van der Waals surface area contributed by atoms with E-state index in [4.69, 9.17) is 21.1 Å². The molecular weight excluding hydrogens is 274 g/mol. The number of ether oxygens (including phenoxy) is 2. The van der Waals surface area contributed by atoms with Gasteiger partial charge in [0.1, 0.15) is 0 Å². The Morgan fingerprint density at radius 2 is 2.20 bits per heavy atom. The molecule has 0 aliphatic carbocycles. The minimum absolute atomic E-state index is 0.0828. The highest BCUT2D eigenvalue weighted by molar-refractivity contribution is 6.30. The van der Waals surface area contributed by atoms with Gasteiger partial charge in [0.25, 0.3) is 0 Å². The minimum Gasteiger partial charge on any atom is -0.381 e. The van der Waals surface area contributed by atoms with Crippen LogP contribution in [0.3, 0.4) is 0 Å². The third kappa shape index (κ3) is 5.06. The zero-order valence-corrected chi connectivity index (χ0v) is 12.9. The first-order chi connectivity index (χ1) is 9.79. The van der Waals surface area contributed by atoms with E-state index >= 15 is 0 Å². The van der Waals surface area contributed by atoms with Crippen LogP contribution in [0.1, 0.15) is 31.4 Å². The van der Waals surface area contributed by atoms with E-state index in [1.54, 1.807) is 0 Å². The Morgan fingerprint density at radius 3 is 2.85 bits per heavy atom. The summed E-state index contributed by atoms with van der Waals surface area (Å²) in [7, 11) is 0. The predicted octanol–water partition coefficient (Wildman–Crippen LogP) is 3.43. The molecule has 2 unspecified atom stereocenters. The highest BCUT2D eigenvalue weighted by Gasteiger charge is 2.19. The molecule has 0 radical (unpaired) electrons. The van der Waals surface area contributed by atoms with Crippen molar-refractivity contribution in [2.45, 2.75) is 25.9 Å². The Kier molecular flexibility index (Phi) is 6.80. The number of hydrogen-bond donors (Lipinski definition) is 1. The van der Waals surface area contributed by atoms with Gasteiger partial charge in [-0.05, 0) is 37.1 Å². The molecule has 1 heterocycles. The maximum Gasteiger partial charge on any atom is 0.0949 e. The summed E-state index contributed by atoms with van der Waals surface area (Å²) >= 11 is 5.95. The van der Waals surface area contributed by atoms with Gasteiger partial charge in [-0.2, -0.15) is 0 Å². The Labute approximate surface area is 126 Å². The molecule has 1 saturated heterocycles. The van der Waals surface area contributed by atoms with Gasteiger partial charge >= 0.3 is 0 Å². The fraction of sp³-hybridized carbons (Fsp3) is 0.625. The lowest BCUT2D eigenvalue weighted by Gasteiger charge is -2.21. The Morgan fingerprint density at radius 1 is 1.40 bits per heavy atom. The lowest BCUT2D eigenvalue weighted by atomic mass is 10.1. The molecule has 1 aromatic rings. The zero-order chi connectivity index (χ0) is 14.2. The number of rotatable bonds is 8. The Bertz CT molecular complexity index is 377. The van der Waals surface area contributed by atoms with Gasteiger partial charge in [0, 0.05) is 24.1 Å². The molecule has 1 aliphatic heterocycles. The topological polar surface area (TPSA) is 30.5 Å². The highest BCUT2D eigenvalue weighted by Crippen LogP contribution is 2.22. The Hall–Kier alpha value is -0.610. The highest BCUT2D eigenvalue weighted by atomic mass is 35.5. The van der Waals surface area contributed by atoms with E-state index in [0.29, 0.717) is 5.92 Å². The SMILES string of the molecule is CCCNCC(OCC1CCOC1)c1ccc(Cl)cc1. The summed E-state index contributed by atoms with van der Waals surface area (Å²) in [5, 5.41) is 4.20. The molecule has 1 N–H and O–H groups in total. The van der Waals surface area contributed by atoms with Crippen molar-refractivity contribution < 1.29 is 9.47 Å². The van der Waals surface area contributed by atoms with Crippen LogP contribution in [-0.2, 0) is 9.47 Å². The molecule has 3 nitrogen and oxygen atoms in total. The molecule has 112 valence electrons. The second kappa shape index (κ2) is 8.63. The lowest BCUT2D eigenvalue weighted by Crippen LogP contribution is -2.25. The van der Waals surface area contributed by atoms with E-state index in [9.17, 15) is 0 Å². The molecule has 0 bridgehead atoms. The average molecular weight is 298 g/mol. The lowest BCUT2D eigenvalue weighted by molar-refractivity contribution is 0.0255. The van der Waals surface area contributed by atoms with Gasteiger partial charge < -0.3 is 14.8 Å². The number of halogens is 1. The van der Waals surface area contributed by atoms with Crippen molar-refractivity contribution in [3.8, 4) is 0 Å². The van der Waals surface area contributed by atoms with Gasteiger partial charge in [-0.1, -0.05) is 30.7 Å².